The number of hydrogen-bond acceptors (Lipinski definition) is 3. The molecule has 0 radical (unpaired) electrons. The maximum atomic E-state index is 13.6. The standard InChI is InChI=1S/C12H15ClFN3O2/c13-10-9(2-1-8(15)11(10)14)17-4-3-7(6-17)5-16-12(18)19/h1-2,7,16H,3-6,15H2,(H,18,19). The molecule has 1 atom stereocenters. The van der Waals surface area contributed by atoms with E-state index in [-0.39, 0.29) is 16.6 Å². The van der Waals surface area contributed by atoms with Crippen LogP contribution in [0.15, 0.2) is 12.1 Å². The molecular weight excluding hydrogens is 273 g/mol. The summed E-state index contributed by atoms with van der Waals surface area (Å²) in [6, 6.07) is 3.17. The molecule has 1 aromatic rings. The molecule has 0 spiro atoms. The van der Waals surface area contributed by atoms with Crippen molar-refractivity contribution in [1.82, 2.24) is 5.32 Å². The lowest BCUT2D eigenvalue weighted by Gasteiger charge is -2.20. The Hall–Kier alpha value is -1.69. The van der Waals surface area contributed by atoms with Crippen LogP contribution in [0.4, 0.5) is 20.6 Å². The highest BCUT2D eigenvalue weighted by molar-refractivity contribution is 6.33. The van der Waals surface area contributed by atoms with Crippen molar-refractivity contribution in [2.45, 2.75) is 6.42 Å². The number of nitrogen functional groups attached to an aromatic ring is 1. The summed E-state index contributed by atoms with van der Waals surface area (Å²) in [7, 11) is 0. The Balaban J connectivity index is 2.05. The molecule has 5 nitrogen and oxygen atoms in total. The monoisotopic (exact) mass is 287 g/mol. The van der Waals surface area contributed by atoms with Crippen LogP contribution in [-0.2, 0) is 0 Å². The van der Waals surface area contributed by atoms with E-state index in [1.165, 1.54) is 6.07 Å². The molecule has 1 aliphatic rings. The first-order valence-corrected chi connectivity index (χ1v) is 6.32. The van der Waals surface area contributed by atoms with E-state index in [1.54, 1.807) is 6.07 Å². The van der Waals surface area contributed by atoms with Crippen molar-refractivity contribution in [3.63, 3.8) is 0 Å². The van der Waals surface area contributed by atoms with Crippen LogP contribution >= 0.6 is 11.6 Å². The number of nitrogens with two attached hydrogens (primary N) is 1. The molecule has 19 heavy (non-hydrogen) atoms. The Bertz CT molecular complexity index is 498. The van der Waals surface area contributed by atoms with Gasteiger partial charge >= 0.3 is 6.09 Å². The van der Waals surface area contributed by atoms with E-state index in [0.29, 0.717) is 18.8 Å². The summed E-state index contributed by atoms with van der Waals surface area (Å²) in [5, 5.41) is 10.9. The summed E-state index contributed by atoms with van der Waals surface area (Å²) in [5.74, 6) is -0.404. The first-order chi connectivity index (χ1) is 8.99. The molecule has 1 saturated heterocycles. The van der Waals surface area contributed by atoms with Crippen molar-refractivity contribution < 1.29 is 14.3 Å². The van der Waals surface area contributed by atoms with Gasteiger partial charge in [0.2, 0.25) is 0 Å². The van der Waals surface area contributed by atoms with Gasteiger partial charge in [0.25, 0.3) is 0 Å². The molecule has 0 aliphatic carbocycles. The Morgan fingerprint density at radius 3 is 3.05 bits per heavy atom. The van der Waals surface area contributed by atoms with Crippen LogP contribution in [0.1, 0.15) is 6.42 Å². The van der Waals surface area contributed by atoms with E-state index in [0.717, 1.165) is 13.0 Å². The number of nitrogens with one attached hydrogen (secondary N) is 1. The van der Waals surface area contributed by atoms with Gasteiger partial charge in [-0.3, -0.25) is 0 Å². The van der Waals surface area contributed by atoms with Crippen molar-refractivity contribution in [3.8, 4) is 0 Å². The predicted octanol–water partition coefficient (Wildman–Crippen LogP) is 2.16. The minimum absolute atomic E-state index is 0.0202. The third-order valence-corrected chi connectivity index (χ3v) is 3.62. The molecule has 0 saturated carbocycles. The van der Waals surface area contributed by atoms with Gasteiger partial charge in [-0.25, -0.2) is 9.18 Å². The topological polar surface area (TPSA) is 78.6 Å². The van der Waals surface area contributed by atoms with Gasteiger partial charge in [0, 0.05) is 19.6 Å². The second-order valence-electron chi connectivity index (χ2n) is 4.59. The highest BCUT2D eigenvalue weighted by Gasteiger charge is 2.25. The molecule has 1 heterocycles. The summed E-state index contributed by atoms with van der Waals surface area (Å²) in [5.41, 5.74) is 6.07. The zero-order valence-electron chi connectivity index (χ0n) is 10.2. The van der Waals surface area contributed by atoms with Gasteiger partial charge < -0.3 is 21.1 Å². The predicted molar refractivity (Wildman–Crippen MR) is 72.2 cm³/mol. The summed E-state index contributed by atoms with van der Waals surface area (Å²) in [4.78, 5) is 12.4. The summed E-state index contributed by atoms with van der Waals surface area (Å²) >= 11 is 5.95. The number of hydrogen-bond donors (Lipinski definition) is 3. The second-order valence-corrected chi connectivity index (χ2v) is 4.97. The fraction of sp³-hybridized carbons (Fsp3) is 0.417. The number of carbonyl (C=O) groups is 1. The zero-order chi connectivity index (χ0) is 14.0. The number of halogens is 2. The molecule has 0 bridgehead atoms. The van der Waals surface area contributed by atoms with Gasteiger partial charge in [0.1, 0.15) is 5.02 Å². The summed E-state index contributed by atoms with van der Waals surface area (Å²) < 4.78 is 13.6. The van der Waals surface area contributed by atoms with Crippen molar-refractivity contribution in [1.29, 1.82) is 0 Å². The number of anilines is 2. The molecule has 0 aromatic heterocycles. The molecule has 7 heteroatoms. The van der Waals surface area contributed by atoms with Crippen LogP contribution in [0.25, 0.3) is 0 Å². The minimum atomic E-state index is -1.03. The van der Waals surface area contributed by atoms with Crippen molar-refractivity contribution >= 4 is 29.1 Å². The van der Waals surface area contributed by atoms with Gasteiger partial charge in [-0.15, -0.1) is 0 Å². The average Bonchev–Trinajstić information content (AvgIpc) is 2.82. The molecule has 1 fully saturated rings. The Morgan fingerprint density at radius 2 is 2.37 bits per heavy atom. The number of amides is 1. The van der Waals surface area contributed by atoms with Gasteiger partial charge in [0.05, 0.1) is 11.4 Å². The quantitative estimate of drug-likeness (QED) is 0.744. The zero-order valence-corrected chi connectivity index (χ0v) is 11.0. The number of benzene rings is 1. The Labute approximate surface area is 115 Å². The molecule has 4 N–H and O–H groups in total. The molecule has 1 aliphatic heterocycles. The average molecular weight is 288 g/mol. The normalized spacial score (nSPS) is 18.6. The SMILES string of the molecule is Nc1ccc(N2CCC(CNC(=O)O)C2)c(Cl)c1F. The van der Waals surface area contributed by atoms with Crippen molar-refractivity contribution in [2.24, 2.45) is 5.92 Å². The Kier molecular flexibility index (Phi) is 3.99. The van der Waals surface area contributed by atoms with E-state index in [1.807, 2.05) is 4.90 Å². The van der Waals surface area contributed by atoms with E-state index in [4.69, 9.17) is 22.4 Å². The number of carboxylic acid groups (broad SMARTS) is 1. The highest BCUT2D eigenvalue weighted by atomic mass is 35.5. The molecule has 1 aromatic carbocycles. The first-order valence-electron chi connectivity index (χ1n) is 5.94. The van der Waals surface area contributed by atoms with Crippen LogP contribution in [0.3, 0.4) is 0 Å². The lowest BCUT2D eigenvalue weighted by molar-refractivity contribution is 0.192. The number of rotatable bonds is 3. The molecule has 1 unspecified atom stereocenters. The molecule has 1 amide bonds. The summed E-state index contributed by atoms with van der Waals surface area (Å²) in [6.45, 7) is 1.75. The Morgan fingerprint density at radius 1 is 1.63 bits per heavy atom. The maximum absolute atomic E-state index is 13.6. The minimum Gasteiger partial charge on any atom is -0.465 e. The van der Waals surface area contributed by atoms with Crippen LogP contribution in [-0.4, -0.2) is 30.8 Å². The highest BCUT2D eigenvalue weighted by Crippen LogP contribution is 2.34. The largest absolute Gasteiger partial charge is 0.465 e. The smallest absolute Gasteiger partial charge is 0.404 e. The van der Waals surface area contributed by atoms with Gasteiger partial charge in [-0.1, -0.05) is 11.6 Å². The van der Waals surface area contributed by atoms with Crippen LogP contribution < -0.4 is 16.0 Å². The lowest BCUT2D eigenvalue weighted by atomic mass is 10.1. The van der Waals surface area contributed by atoms with Gasteiger partial charge in [-0.2, -0.15) is 0 Å². The fourth-order valence-corrected chi connectivity index (χ4v) is 2.54. The lowest BCUT2D eigenvalue weighted by Crippen LogP contribution is -2.29. The third-order valence-electron chi connectivity index (χ3n) is 3.26. The van der Waals surface area contributed by atoms with Crippen molar-refractivity contribution in [2.75, 3.05) is 30.3 Å². The second kappa shape index (κ2) is 5.52. The van der Waals surface area contributed by atoms with Gasteiger partial charge in [-0.05, 0) is 24.5 Å². The van der Waals surface area contributed by atoms with E-state index >= 15 is 0 Å². The molecular formula is C12H15ClFN3O2. The van der Waals surface area contributed by atoms with E-state index in [9.17, 15) is 9.18 Å². The third kappa shape index (κ3) is 3.01. The maximum Gasteiger partial charge on any atom is 0.404 e. The van der Waals surface area contributed by atoms with Crippen LogP contribution in [0.5, 0.6) is 0 Å². The molecule has 104 valence electrons. The van der Waals surface area contributed by atoms with Crippen molar-refractivity contribution in [3.05, 3.63) is 23.0 Å². The fourth-order valence-electron chi connectivity index (χ4n) is 2.25. The first kappa shape index (κ1) is 13.7. The van der Waals surface area contributed by atoms with E-state index in [2.05, 4.69) is 5.32 Å². The van der Waals surface area contributed by atoms with Crippen LogP contribution in [0, 0.1) is 11.7 Å². The van der Waals surface area contributed by atoms with Gasteiger partial charge in [0.15, 0.2) is 5.82 Å². The molecule has 2 rings (SSSR count). The van der Waals surface area contributed by atoms with E-state index < -0.39 is 11.9 Å². The van der Waals surface area contributed by atoms with Crippen LogP contribution in [0.2, 0.25) is 5.02 Å². The summed E-state index contributed by atoms with van der Waals surface area (Å²) in [6.07, 6.45) is -0.196. The number of nitrogens with zero attached hydrogens (tertiary/aromatic N) is 1.